The van der Waals surface area contributed by atoms with Gasteiger partial charge in [0.15, 0.2) is 18.9 Å². The molecule has 0 aromatic heterocycles. The van der Waals surface area contributed by atoms with Gasteiger partial charge in [0.1, 0.15) is 73.4 Å². The molecule has 0 bridgehead atoms. The SMILES string of the molecule is CC1(C)CC[C@]2(C(=O)[O-])[C@H](O)C[C@]3(C)C(=CC[C@@H]4[C@@]5(C)CC[C@H](O[C@@H]6O[C@H](C(=O)[O-])[C@@H](O)[C@H](O[C@@H]7OC[C@@H](O)[C@H](O)[C@H]7O)[C@H]6O[C@@H]6O[C@H](CO)[C@H](O)[C@H](O)[C@H]6O)[C@@](C)(C=O)[C@@H]5CC[C@]43C)[C@@H]2C1. The van der Waals surface area contributed by atoms with E-state index in [1.54, 1.807) is 6.92 Å². The van der Waals surface area contributed by atoms with Crippen molar-refractivity contribution in [1.82, 2.24) is 0 Å². The van der Waals surface area contributed by atoms with Crippen molar-refractivity contribution < 1.29 is 99.0 Å². The fourth-order valence-electron chi connectivity index (χ4n) is 14.8. The van der Waals surface area contributed by atoms with Crippen molar-refractivity contribution in [2.45, 2.75) is 198 Å². The van der Waals surface area contributed by atoms with Crippen LogP contribution in [0.1, 0.15) is 99.3 Å². The zero-order chi connectivity index (χ0) is 49.1. The number of ether oxygens (including phenoxy) is 6. The number of hydrogen-bond acceptors (Lipinski definition) is 20. The van der Waals surface area contributed by atoms with Crippen molar-refractivity contribution in [2.24, 2.45) is 50.2 Å². The summed E-state index contributed by atoms with van der Waals surface area (Å²) in [6.45, 7) is 11.2. The van der Waals surface area contributed by atoms with Gasteiger partial charge >= 0.3 is 0 Å². The summed E-state index contributed by atoms with van der Waals surface area (Å²) in [6, 6.07) is 0. The second kappa shape index (κ2) is 17.8. The highest BCUT2D eigenvalue weighted by Gasteiger charge is 2.71. The first-order valence-corrected chi connectivity index (χ1v) is 23.8. The predicted octanol–water partition coefficient (Wildman–Crippen LogP) is -3.08. The van der Waals surface area contributed by atoms with Crippen molar-refractivity contribution in [3.8, 4) is 0 Å². The minimum absolute atomic E-state index is 0.0497. The molecule has 8 rings (SSSR count). The summed E-state index contributed by atoms with van der Waals surface area (Å²) in [5.41, 5.74) is -3.40. The number of rotatable bonds is 10. The second-order valence-electron chi connectivity index (χ2n) is 22.8. The summed E-state index contributed by atoms with van der Waals surface area (Å²) in [4.78, 5) is 39.5. The first kappa shape index (κ1) is 51.1. The van der Waals surface area contributed by atoms with Crippen LogP contribution in [-0.4, -0.2) is 176 Å². The molecule has 4 saturated carbocycles. The smallest absolute Gasteiger partial charge is 0.187 e. The lowest BCUT2D eigenvalue weighted by Gasteiger charge is -2.72. The van der Waals surface area contributed by atoms with Gasteiger partial charge < -0.3 is 99.0 Å². The minimum atomic E-state index is -2.21. The van der Waals surface area contributed by atoms with Gasteiger partial charge in [0, 0.05) is 5.41 Å². The molecule has 20 heteroatoms. The fraction of sp³-hybridized carbons (Fsp3) is 0.894. The monoisotopic (exact) mass is 954 g/mol. The van der Waals surface area contributed by atoms with Crippen molar-refractivity contribution in [1.29, 1.82) is 0 Å². The Morgan fingerprint density at radius 2 is 1.42 bits per heavy atom. The summed E-state index contributed by atoms with van der Waals surface area (Å²) >= 11 is 0. The molecule has 67 heavy (non-hydrogen) atoms. The van der Waals surface area contributed by atoms with Crippen LogP contribution in [0.5, 0.6) is 0 Å². The maximum absolute atomic E-state index is 13.8. The van der Waals surface area contributed by atoms with Gasteiger partial charge in [0.2, 0.25) is 0 Å². The first-order chi connectivity index (χ1) is 31.3. The van der Waals surface area contributed by atoms with Crippen LogP contribution in [0, 0.1) is 50.2 Å². The molecule has 0 aromatic carbocycles. The Labute approximate surface area is 389 Å². The molecule has 9 N–H and O–H groups in total. The van der Waals surface area contributed by atoms with Gasteiger partial charge in [0.25, 0.3) is 0 Å². The van der Waals surface area contributed by atoms with Crippen LogP contribution in [0.2, 0.25) is 0 Å². The van der Waals surface area contributed by atoms with Crippen molar-refractivity contribution in [2.75, 3.05) is 13.2 Å². The number of fused-ring (bicyclic) bond motifs is 7. The molecule has 0 radical (unpaired) electrons. The van der Waals surface area contributed by atoms with Crippen LogP contribution in [0.25, 0.3) is 0 Å². The quantitative estimate of drug-likeness (QED) is 0.0596. The third kappa shape index (κ3) is 7.78. The van der Waals surface area contributed by atoms with E-state index in [0.29, 0.717) is 44.9 Å². The summed E-state index contributed by atoms with van der Waals surface area (Å²) < 4.78 is 35.7. The highest BCUT2D eigenvalue weighted by atomic mass is 16.8. The van der Waals surface area contributed by atoms with E-state index in [0.717, 1.165) is 11.9 Å². The van der Waals surface area contributed by atoms with Crippen molar-refractivity contribution in [3.63, 3.8) is 0 Å². The summed E-state index contributed by atoms with van der Waals surface area (Å²) in [5.74, 6) is -3.98. The summed E-state index contributed by atoms with van der Waals surface area (Å²) in [5, 5.41) is 123. The van der Waals surface area contributed by atoms with Crippen LogP contribution < -0.4 is 10.2 Å². The first-order valence-electron chi connectivity index (χ1n) is 23.8. The van der Waals surface area contributed by atoms with E-state index in [4.69, 9.17) is 28.4 Å². The third-order valence-electron chi connectivity index (χ3n) is 18.9. The third-order valence-corrected chi connectivity index (χ3v) is 18.9. The van der Waals surface area contributed by atoms with E-state index in [-0.39, 0.29) is 30.1 Å². The number of aliphatic hydroxyl groups excluding tert-OH is 9. The molecule has 7 fully saturated rings. The topological polar surface area (TPSA) is 335 Å². The highest BCUT2D eigenvalue weighted by molar-refractivity contribution is 5.76. The van der Waals surface area contributed by atoms with Crippen molar-refractivity contribution in [3.05, 3.63) is 11.6 Å². The molecule has 5 aliphatic carbocycles. The zero-order valence-electron chi connectivity index (χ0n) is 38.9. The van der Waals surface area contributed by atoms with Crippen LogP contribution in [0.15, 0.2) is 11.6 Å². The Kier molecular flexibility index (Phi) is 13.6. The number of hydrogen-bond donors (Lipinski definition) is 9. The molecule has 0 unspecified atom stereocenters. The van der Waals surface area contributed by atoms with Crippen LogP contribution in [0.3, 0.4) is 0 Å². The van der Waals surface area contributed by atoms with Gasteiger partial charge in [-0.05, 0) is 97.2 Å². The molecule has 8 aliphatic rings. The molecule has 20 nitrogen and oxygen atoms in total. The van der Waals surface area contributed by atoms with E-state index in [1.807, 2.05) is 0 Å². The second-order valence-corrected chi connectivity index (χ2v) is 22.8. The van der Waals surface area contributed by atoms with Crippen LogP contribution in [-0.2, 0) is 42.8 Å². The standard InChI is InChI=1S/C47H72O20/c1-42(2)13-14-47(41(60)61)21(15-42)20-7-8-25-43(3)11-10-27(44(4,19-49)24(43)9-12-45(25,5)46(20,6)16-26(47)51)64-40-36(67-39-32(56)30(54)29(53)23(17-48)63-39)34(33(57)35(66-40)37(58)59)65-38-31(55)28(52)22(50)18-62-38/h7,19,21-36,38-40,48,50-57H,8-18H2,1-6H3,(H,58,59)(H,60,61)/p-2/t21-,22+,23+,24+,25+,26+,27-,28-,29-,30-,31+,32+,33-,34-,35-,36+,38-,39-,40+,43-,44-,45+,46+,47+/m0/s1. The average Bonchev–Trinajstić information content (AvgIpc) is 3.26. The molecule has 380 valence electrons. The Balaban J connectivity index is 1.13. The number of carbonyl (C=O) groups is 3. The lowest BCUT2D eigenvalue weighted by Crippen LogP contribution is -2.70. The maximum Gasteiger partial charge on any atom is 0.187 e. The normalized spacial score (nSPS) is 54.0. The van der Waals surface area contributed by atoms with Crippen LogP contribution >= 0.6 is 0 Å². The number of carboxylic acids is 2. The molecule has 0 amide bonds. The maximum atomic E-state index is 13.8. The Hall–Kier alpha value is -2.25. The number of carboxylic acid groups (broad SMARTS) is 2. The van der Waals surface area contributed by atoms with Crippen molar-refractivity contribution >= 4 is 18.2 Å². The molecule has 3 saturated heterocycles. The largest absolute Gasteiger partial charge is 0.549 e. The Bertz CT molecular complexity index is 1910. The number of carbonyl (C=O) groups excluding carboxylic acids is 3. The zero-order valence-corrected chi connectivity index (χ0v) is 38.9. The molecular formula is C47H70O20-2. The van der Waals surface area contributed by atoms with Gasteiger partial charge in [-0.2, -0.15) is 0 Å². The van der Waals surface area contributed by atoms with Gasteiger partial charge in [-0.25, -0.2) is 0 Å². The number of aliphatic hydroxyl groups is 9. The van der Waals surface area contributed by atoms with Gasteiger partial charge in [-0.1, -0.05) is 53.2 Å². The molecule has 24 atom stereocenters. The average molecular weight is 955 g/mol. The van der Waals surface area contributed by atoms with Crippen LogP contribution in [0.4, 0.5) is 0 Å². The summed E-state index contributed by atoms with van der Waals surface area (Å²) in [6.07, 6.45) is -21.5. The minimum Gasteiger partial charge on any atom is -0.549 e. The number of aldehydes is 1. The van der Waals surface area contributed by atoms with Gasteiger partial charge in [-0.3, -0.25) is 0 Å². The Morgan fingerprint density at radius 1 is 0.746 bits per heavy atom. The molecular weight excluding hydrogens is 884 g/mol. The van der Waals surface area contributed by atoms with E-state index in [2.05, 4.69) is 40.7 Å². The fourth-order valence-corrected chi connectivity index (χ4v) is 14.8. The van der Waals surface area contributed by atoms with Gasteiger partial charge in [-0.15, -0.1) is 0 Å². The lowest BCUT2D eigenvalue weighted by atomic mass is 9.33. The van der Waals surface area contributed by atoms with Gasteiger partial charge in [0.05, 0.1) is 42.8 Å². The molecule has 3 aliphatic heterocycles. The van der Waals surface area contributed by atoms with E-state index in [1.165, 1.54) is 0 Å². The predicted molar refractivity (Wildman–Crippen MR) is 222 cm³/mol. The Morgan fingerprint density at radius 3 is 2.06 bits per heavy atom. The molecule has 3 heterocycles. The lowest BCUT2D eigenvalue weighted by molar-refractivity contribution is -0.401. The highest BCUT2D eigenvalue weighted by Crippen LogP contribution is 2.75. The van der Waals surface area contributed by atoms with E-state index in [9.17, 15) is 70.6 Å². The molecule has 0 spiro atoms. The van der Waals surface area contributed by atoms with E-state index >= 15 is 0 Å². The molecule has 0 aromatic rings. The van der Waals surface area contributed by atoms with E-state index < -0.39 is 156 Å². The summed E-state index contributed by atoms with van der Waals surface area (Å²) in [7, 11) is 0. The number of allylic oxidation sites excluding steroid dienone is 2. The number of aliphatic carboxylic acids is 2.